The molecule has 0 spiro atoms. The molecule has 1 saturated carbocycles. The number of carbonyl (C=O) groups excluding carboxylic acids is 1. The van der Waals surface area contributed by atoms with Crippen LogP contribution in [-0.4, -0.2) is 34.5 Å². The minimum absolute atomic E-state index is 0.193. The number of likely N-dealkylation sites (tertiary alicyclic amines) is 1. The molecule has 2 rings (SSSR count). The van der Waals surface area contributed by atoms with Crippen molar-refractivity contribution in [2.45, 2.75) is 44.6 Å². The van der Waals surface area contributed by atoms with Crippen LogP contribution in [-0.2, 0) is 9.59 Å². The molecule has 15 heavy (non-hydrogen) atoms. The number of aliphatic carboxylic acids is 1. The van der Waals surface area contributed by atoms with Gasteiger partial charge in [-0.15, -0.1) is 0 Å². The van der Waals surface area contributed by atoms with Crippen molar-refractivity contribution >= 4 is 11.9 Å². The number of carboxylic acid groups (broad SMARTS) is 1. The van der Waals surface area contributed by atoms with E-state index in [9.17, 15) is 9.59 Å². The zero-order valence-corrected chi connectivity index (χ0v) is 8.82. The number of nitrogens with zero attached hydrogens (tertiary/aromatic N) is 1. The fourth-order valence-electron chi connectivity index (χ4n) is 2.68. The van der Waals surface area contributed by atoms with E-state index >= 15 is 0 Å². The zero-order chi connectivity index (χ0) is 10.8. The van der Waals surface area contributed by atoms with E-state index in [4.69, 9.17) is 5.11 Å². The highest BCUT2D eigenvalue weighted by Crippen LogP contribution is 2.31. The minimum Gasteiger partial charge on any atom is -0.481 e. The molecule has 4 heteroatoms. The molecule has 4 nitrogen and oxygen atoms in total. The van der Waals surface area contributed by atoms with Gasteiger partial charge in [-0.25, -0.2) is 0 Å². The van der Waals surface area contributed by atoms with E-state index in [1.165, 1.54) is 0 Å². The first kappa shape index (κ1) is 10.5. The Bertz CT molecular complexity index is 277. The largest absolute Gasteiger partial charge is 0.481 e. The summed E-state index contributed by atoms with van der Waals surface area (Å²) in [4.78, 5) is 24.4. The number of amides is 1. The Kier molecular flexibility index (Phi) is 2.93. The summed E-state index contributed by atoms with van der Waals surface area (Å²) in [6.45, 7) is 0.829. The average Bonchev–Trinajstić information content (AvgIpc) is 2.67. The molecule has 1 N–H and O–H groups in total. The maximum absolute atomic E-state index is 11.6. The third kappa shape index (κ3) is 2.13. The summed E-state index contributed by atoms with van der Waals surface area (Å²) >= 11 is 0. The topological polar surface area (TPSA) is 57.6 Å². The van der Waals surface area contributed by atoms with Gasteiger partial charge < -0.3 is 10.0 Å². The van der Waals surface area contributed by atoms with Gasteiger partial charge in [-0.3, -0.25) is 9.59 Å². The molecule has 0 aromatic carbocycles. The first-order valence-electron chi connectivity index (χ1n) is 5.71. The number of hydrogen-bond donors (Lipinski definition) is 1. The van der Waals surface area contributed by atoms with Gasteiger partial charge >= 0.3 is 5.97 Å². The first-order chi connectivity index (χ1) is 7.18. The van der Waals surface area contributed by atoms with Crippen molar-refractivity contribution in [1.29, 1.82) is 0 Å². The quantitative estimate of drug-likeness (QED) is 0.748. The highest BCUT2D eigenvalue weighted by Gasteiger charge is 2.35. The highest BCUT2D eigenvalue weighted by molar-refractivity contribution is 5.77. The van der Waals surface area contributed by atoms with Crippen LogP contribution in [0.25, 0.3) is 0 Å². The van der Waals surface area contributed by atoms with Crippen LogP contribution in [0.3, 0.4) is 0 Å². The molecule has 2 atom stereocenters. The Balaban J connectivity index is 1.94. The van der Waals surface area contributed by atoms with Crippen LogP contribution in [0.1, 0.15) is 38.5 Å². The molecule has 1 aliphatic heterocycles. The van der Waals surface area contributed by atoms with Gasteiger partial charge in [0.25, 0.3) is 0 Å². The molecule has 1 saturated heterocycles. The Hall–Kier alpha value is -1.06. The second-order valence-corrected chi connectivity index (χ2v) is 4.55. The first-order valence-corrected chi connectivity index (χ1v) is 5.71. The predicted molar refractivity (Wildman–Crippen MR) is 54.3 cm³/mol. The Morgan fingerprint density at radius 3 is 2.73 bits per heavy atom. The van der Waals surface area contributed by atoms with Gasteiger partial charge in [0.1, 0.15) is 0 Å². The van der Waals surface area contributed by atoms with Gasteiger partial charge in [0, 0.05) is 19.0 Å². The third-order valence-corrected chi connectivity index (χ3v) is 3.55. The fraction of sp³-hybridized carbons (Fsp3) is 0.818. The van der Waals surface area contributed by atoms with Crippen LogP contribution in [0.5, 0.6) is 0 Å². The molecule has 0 bridgehead atoms. The van der Waals surface area contributed by atoms with Crippen LogP contribution >= 0.6 is 0 Å². The Morgan fingerprint density at radius 1 is 1.33 bits per heavy atom. The molecule has 0 aromatic heterocycles. The monoisotopic (exact) mass is 211 g/mol. The van der Waals surface area contributed by atoms with Gasteiger partial charge in [0.15, 0.2) is 0 Å². The summed E-state index contributed by atoms with van der Waals surface area (Å²) in [6, 6.07) is 0.193. The molecule has 0 radical (unpaired) electrons. The lowest BCUT2D eigenvalue weighted by Gasteiger charge is -2.32. The molecule has 1 amide bonds. The van der Waals surface area contributed by atoms with E-state index in [2.05, 4.69) is 0 Å². The lowest BCUT2D eigenvalue weighted by Crippen LogP contribution is -2.42. The van der Waals surface area contributed by atoms with E-state index in [0.717, 1.165) is 32.2 Å². The molecule has 2 aliphatic rings. The molecule has 84 valence electrons. The van der Waals surface area contributed by atoms with Crippen LogP contribution in [0.15, 0.2) is 0 Å². The van der Waals surface area contributed by atoms with Gasteiger partial charge in [-0.2, -0.15) is 0 Å². The van der Waals surface area contributed by atoms with Crippen molar-refractivity contribution < 1.29 is 14.7 Å². The molecular weight excluding hydrogens is 194 g/mol. The maximum atomic E-state index is 11.6. The lowest BCUT2D eigenvalue weighted by atomic mass is 10.1. The standard InChI is InChI=1S/C11H17NO3/c13-10-3-1-2-6-12(10)9-5-4-8(7-9)11(14)15/h8-9H,1-7H2,(H,14,15). The van der Waals surface area contributed by atoms with Gasteiger partial charge in [-0.05, 0) is 32.1 Å². The molecule has 2 fully saturated rings. The van der Waals surface area contributed by atoms with E-state index in [1.807, 2.05) is 4.90 Å². The molecule has 0 aromatic rings. The van der Waals surface area contributed by atoms with Gasteiger partial charge in [-0.1, -0.05) is 0 Å². The molecule has 2 unspecified atom stereocenters. The average molecular weight is 211 g/mol. The number of piperidine rings is 1. The second kappa shape index (κ2) is 4.21. The number of hydrogen-bond acceptors (Lipinski definition) is 2. The normalized spacial score (nSPS) is 32.0. The van der Waals surface area contributed by atoms with Crippen LogP contribution in [0.4, 0.5) is 0 Å². The van der Waals surface area contributed by atoms with Crippen molar-refractivity contribution in [2.75, 3.05) is 6.54 Å². The Morgan fingerprint density at radius 2 is 2.13 bits per heavy atom. The summed E-state index contributed by atoms with van der Waals surface area (Å²) < 4.78 is 0. The summed E-state index contributed by atoms with van der Waals surface area (Å²) in [5.74, 6) is -0.719. The van der Waals surface area contributed by atoms with Crippen molar-refractivity contribution in [2.24, 2.45) is 5.92 Å². The van der Waals surface area contributed by atoms with Crippen LogP contribution in [0, 0.1) is 5.92 Å². The summed E-state index contributed by atoms with van der Waals surface area (Å²) in [7, 11) is 0. The zero-order valence-electron chi connectivity index (χ0n) is 8.82. The summed E-state index contributed by atoms with van der Waals surface area (Å²) in [5.41, 5.74) is 0. The minimum atomic E-state index is -0.707. The third-order valence-electron chi connectivity index (χ3n) is 3.55. The van der Waals surface area contributed by atoms with Crippen molar-refractivity contribution in [3.05, 3.63) is 0 Å². The van der Waals surface area contributed by atoms with E-state index in [0.29, 0.717) is 12.8 Å². The number of rotatable bonds is 2. The van der Waals surface area contributed by atoms with Gasteiger partial charge in [0.2, 0.25) is 5.91 Å². The maximum Gasteiger partial charge on any atom is 0.306 e. The molecular formula is C11H17NO3. The van der Waals surface area contributed by atoms with Crippen LogP contribution < -0.4 is 0 Å². The highest BCUT2D eigenvalue weighted by atomic mass is 16.4. The smallest absolute Gasteiger partial charge is 0.306 e. The molecule has 1 heterocycles. The van der Waals surface area contributed by atoms with Crippen molar-refractivity contribution in [1.82, 2.24) is 4.90 Å². The number of carboxylic acids is 1. The fourth-order valence-corrected chi connectivity index (χ4v) is 2.68. The van der Waals surface area contributed by atoms with E-state index in [-0.39, 0.29) is 17.9 Å². The number of carbonyl (C=O) groups is 2. The Labute approximate surface area is 89.3 Å². The molecule has 1 aliphatic carbocycles. The van der Waals surface area contributed by atoms with Crippen molar-refractivity contribution in [3.8, 4) is 0 Å². The van der Waals surface area contributed by atoms with E-state index < -0.39 is 5.97 Å². The predicted octanol–water partition coefficient (Wildman–Crippen LogP) is 1.25. The summed E-state index contributed by atoms with van der Waals surface area (Å²) in [6.07, 6.45) is 4.95. The summed E-state index contributed by atoms with van der Waals surface area (Å²) in [5, 5.41) is 8.89. The van der Waals surface area contributed by atoms with Gasteiger partial charge in [0.05, 0.1) is 5.92 Å². The SMILES string of the molecule is O=C(O)C1CCC(N2CCCCC2=O)C1. The van der Waals surface area contributed by atoms with Crippen molar-refractivity contribution in [3.63, 3.8) is 0 Å². The van der Waals surface area contributed by atoms with E-state index in [1.54, 1.807) is 0 Å². The lowest BCUT2D eigenvalue weighted by molar-refractivity contribution is -0.142. The second-order valence-electron chi connectivity index (χ2n) is 4.55. The van der Waals surface area contributed by atoms with Crippen LogP contribution in [0.2, 0.25) is 0 Å².